The molecule has 0 radical (unpaired) electrons. The topological polar surface area (TPSA) is 66.8 Å². The van der Waals surface area contributed by atoms with Crippen molar-refractivity contribution < 1.29 is 19.4 Å². The van der Waals surface area contributed by atoms with Gasteiger partial charge in [-0.1, -0.05) is 34.8 Å². The second-order valence-corrected chi connectivity index (χ2v) is 7.47. The number of aliphatic carboxylic acids is 1. The number of hydrogen-bond donors (Lipinski definition) is 1. The fraction of sp³-hybridized carbons (Fsp3) is 0.333. The molecule has 1 amide bonds. The lowest BCUT2D eigenvalue weighted by atomic mass is 10.1. The first-order chi connectivity index (χ1) is 13.1. The first-order valence-corrected chi connectivity index (χ1v) is 9.89. The zero-order valence-corrected chi connectivity index (χ0v) is 16.6. The molecule has 2 aromatic carbocycles. The number of anilines is 1. The van der Waals surface area contributed by atoms with Crippen molar-refractivity contribution in [3.8, 4) is 5.75 Å². The molecule has 0 spiro atoms. The summed E-state index contributed by atoms with van der Waals surface area (Å²) in [5.74, 6) is 0.00327. The molecule has 5 nitrogen and oxygen atoms in total. The Bertz CT molecular complexity index is 819. The number of carboxylic acid groups (broad SMARTS) is 1. The van der Waals surface area contributed by atoms with Crippen LogP contribution in [0.25, 0.3) is 0 Å². The lowest BCUT2D eigenvalue weighted by molar-refractivity contribution is -0.137. The zero-order valence-electron chi connectivity index (χ0n) is 15.0. The number of rotatable bonds is 9. The van der Waals surface area contributed by atoms with Gasteiger partial charge < -0.3 is 14.7 Å². The van der Waals surface area contributed by atoms with E-state index in [9.17, 15) is 9.59 Å². The van der Waals surface area contributed by atoms with Gasteiger partial charge in [0.25, 0.3) is 5.91 Å². The highest BCUT2D eigenvalue weighted by Crippen LogP contribution is 2.34. The van der Waals surface area contributed by atoms with Crippen molar-refractivity contribution in [1.82, 2.24) is 0 Å². The van der Waals surface area contributed by atoms with Crippen molar-refractivity contribution in [3.63, 3.8) is 0 Å². The summed E-state index contributed by atoms with van der Waals surface area (Å²) in [6.07, 6.45) is 3.62. The quantitative estimate of drug-likeness (QED) is 0.565. The predicted molar refractivity (Wildman–Crippen MR) is 107 cm³/mol. The van der Waals surface area contributed by atoms with Crippen LogP contribution in [0.4, 0.5) is 5.69 Å². The van der Waals surface area contributed by atoms with Gasteiger partial charge >= 0.3 is 5.97 Å². The van der Waals surface area contributed by atoms with Gasteiger partial charge in [0.15, 0.2) is 0 Å². The largest absolute Gasteiger partial charge is 0.493 e. The molecule has 0 aromatic heterocycles. The molecular weight excluding hydrogens is 410 g/mol. The van der Waals surface area contributed by atoms with E-state index in [1.807, 2.05) is 42.5 Å². The monoisotopic (exact) mass is 431 g/mol. The summed E-state index contributed by atoms with van der Waals surface area (Å²) in [5, 5.41) is 8.63. The van der Waals surface area contributed by atoms with Crippen LogP contribution in [0.3, 0.4) is 0 Å². The number of carbonyl (C=O) groups is 2. The minimum Gasteiger partial charge on any atom is -0.493 e. The molecular formula is C21H22BrNO4. The molecule has 1 heterocycles. The predicted octanol–water partition coefficient (Wildman–Crippen LogP) is 5.02. The van der Waals surface area contributed by atoms with Crippen LogP contribution in [-0.4, -0.2) is 23.6 Å². The molecule has 0 fully saturated rings. The van der Waals surface area contributed by atoms with E-state index >= 15 is 0 Å². The maximum atomic E-state index is 12.7. The summed E-state index contributed by atoms with van der Waals surface area (Å²) in [6.45, 7) is 1.07. The summed E-state index contributed by atoms with van der Waals surface area (Å²) >= 11 is 3.41. The van der Waals surface area contributed by atoms with Gasteiger partial charge in [-0.3, -0.25) is 9.59 Å². The Morgan fingerprint density at radius 1 is 1.07 bits per heavy atom. The van der Waals surface area contributed by atoms with E-state index in [0.29, 0.717) is 25.1 Å². The third-order valence-electron chi connectivity index (χ3n) is 4.61. The number of benzene rings is 2. The SMILES string of the molecule is O=C(O)CCCCCCOc1cccc2c1CN(c1ccc(Br)cc1)C2=O. The molecule has 6 heteroatoms. The van der Waals surface area contributed by atoms with E-state index in [4.69, 9.17) is 9.84 Å². The van der Waals surface area contributed by atoms with Gasteiger partial charge in [0.05, 0.1) is 13.2 Å². The fourth-order valence-corrected chi connectivity index (χ4v) is 3.45. The number of halogens is 1. The van der Waals surface area contributed by atoms with Gasteiger partial charge in [0.2, 0.25) is 0 Å². The second-order valence-electron chi connectivity index (χ2n) is 6.56. The average Bonchev–Trinajstić information content (AvgIpc) is 2.99. The molecule has 0 saturated heterocycles. The molecule has 0 unspecified atom stereocenters. The number of amides is 1. The number of carboxylic acids is 1. The van der Waals surface area contributed by atoms with Gasteiger partial charge in [-0.2, -0.15) is 0 Å². The highest BCUT2D eigenvalue weighted by molar-refractivity contribution is 9.10. The second kappa shape index (κ2) is 9.04. The molecule has 142 valence electrons. The number of unbranched alkanes of at least 4 members (excludes halogenated alkanes) is 3. The van der Waals surface area contributed by atoms with E-state index in [0.717, 1.165) is 40.7 Å². The number of nitrogens with zero attached hydrogens (tertiary/aromatic N) is 1. The van der Waals surface area contributed by atoms with Crippen molar-refractivity contribution in [3.05, 3.63) is 58.1 Å². The Hall–Kier alpha value is -2.34. The third kappa shape index (κ3) is 4.89. The Balaban J connectivity index is 1.57. The highest BCUT2D eigenvalue weighted by atomic mass is 79.9. The molecule has 1 aliphatic rings. The summed E-state index contributed by atoms with van der Waals surface area (Å²) in [6, 6.07) is 13.3. The van der Waals surface area contributed by atoms with Crippen molar-refractivity contribution in [2.45, 2.75) is 38.6 Å². The molecule has 1 aliphatic heterocycles. The zero-order chi connectivity index (χ0) is 19.2. The van der Waals surface area contributed by atoms with E-state index < -0.39 is 5.97 Å². The average molecular weight is 432 g/mol. The number of fused-ring (bicyclic) bond motifs is 1. The summed E-state index contributed by atoms with van der Waals surface area (Å²) < 4.78 is 6.90. The first kappa shape index (κ1) is 19.4. The lowest BCUT2D eigenvalue weighted by Crippen LogP contribution is -2.22. The van der Waals surface area contributed by atoms with Crippen molar-refractivity contribution in [2.75, 3.05) is 11.5 Å². The summed E-state index contributed by atoms with van der Waals surface area (Å²) in [7, 11) is 0. The van der Waals surface area contributed by atoms with Crippen LogP contribution < -0.4 is 9.64 Å². The van der Waals surface area contributed by atoms with Gasteiger partial charge in [-0.15, -0.1) is 0 Å². The van der Waals surface area contributed by atoms with E-state index in [1.54, 1.807) is 4.90 Å². The van der Waals surface area contributed by atoms with Crippen LogP contribution in [0.5, 0.6) is 5.75 Å². The Morgan fingerprint density at radius 2 is 1.81 bits per heavy atom. The van der Waals surface area contributed by atoms with Crippen molar-refractivity contribution in [2.24, 2.45) is 0 Å². The van der Waals surface area contributed by atoms with Crippen LogP contribution in [0.1, 0.15) is 48.0 Å². The van der Waals surface area contributed by atoms with E-state index in [1.165, 1.54) is 0 Å². The van der Waals surface area contributed by atoms with Crippen molar-refractivity contribution >= 4 is 33.5 Å². The highest BCUT2D eigenvalue weighted by Gasteiger charge is 2.30. The molecule has 27 heavy (non-hydrogen) atoms. The molecule has 0 bridgehead atoms. The molecule has 2 aromatic rings. The normalized spacial score (nSPS) is 12.9. The van der Waals surface area contributed by atoms with Gasteiger partial charge in [-0.05, 0) is 49.2 Å². The third-order valence-corrected chi connectivity index (χ3v) is 5.13. The van der Waals surface area contributed by atoms with Gasteiger partial charge in [-0.25, -0.2) is 0 Å². The van der Waals surface area contributed by atoms with Crippen molar-refractivity contribution in [1.29, 1.82) is 0 Å². The maximum absolute atomic E-state index is 12.7. The van der Waals surface area contributed by atoms with Gasteiger partial charge in [0.1, 0.15) is 5.75 Å². The Morgan fingerprint density at radius 3 is 2.56 bits per heavy atom. The summed E-state index contributed by atoms with van der Waals surface area (Å²) in [5.41, 5.74) is 2.48. The Labute approximate surface area is 167 Å². The van der Waals surface area contributed by atoms with Crippen LogP contribution in [-0.2, 0) is 11.3 Å². The van der Waals surface area contributed by atoms with Gasteiger partial charge in [0, 0.05) is 27.7 Å². The minimum atomic E-state index is -0.744. The molecule has 1 N–H and O–H groups in total. The minimum absolute atomic E-state index is 0.00792. The van der Waals surface area contributed by atoms with Crippen LogP contribution in [0.15, 0.2) is 46.9 Å². The number of hydrogen-bond acceptors (Lipinski definition) is 3. The van der Waals surface area contributed by atoms with Crippen LogP contribution in [0, 0.1) is 0 Å². The first-order valence-electron chi connectivity index (χ1n) is 9.10. The lowest BCUT2D eigenvalue weighted by Gasteiger charge is -2.16. The number of ether oxygens (including phenoxy) is 1. The maximum Gasteiger partial charge on any atom is 0.303 e. The fourth-order valence-electron chi connectivity index (χ4n) is 3.18. The molecule has 0 atom stereocenters. The smallest absolute Gasteiger partial charge is 0.303 e. The van der Waals surface area contributed by atoms with E-state index in [-0.39, 0.29) is 12.3 Å². The molecule has 3 rings (SSSR count). The molecule has 0 aliphatic carbocycles. The standard InChI is InChI=1S/C21H22BrNO4/c22-15-9-11-16(12-10-15)23-14-18-17(21(23)26)6-5-7-19(18)27-13-4-2-1-3-8-20(24)25/h5-7,9-12H,1-4,8,13-14H2,(H,24,25). The van der Waals surface area contributed by atoms with Crippen LogP contribution >= 0.6 is 15.9 Å². The number of carbonyl (C=O) groups excluding carboxylic acids is 1. The van der Waals surface area contributed by atoms with E-state index in [2.05, 4.69) is 15.9 Å². The Kier molecular flexibility index (Phi) is 6.50. The van der Waals surface area contributed by atoms with Crippen LogP contribution in [0.2, 0.25) is 0 Å². The summed E-state index contributed by atoms with van der Waals surface area (Å²) in [4.78, 5) is 25.0. The molecule has 0 saturated carbocycles.